The summed E-state index contributed by atoms with van der Waals surface area (Å²) in [6, 6.07) is 19.5. The van der Waals surface area contributed by atoms with Gasteiger partial charge in [-0.1, -0.05) is 48.5 Å². The average Bonchev–Trinajstić information content (AvgIpc) is 3.13. The molecule has 3 aromatic rings. The summed E-state index contributed by atoms with van der Waals surface area (Å²) >= 11 is 0. The second kappa shape index (κ2) is 7.80. The first-order chi connectivity index (χ1) is 13.5. The Kier molecular flexibility index (Phi) is 5.22. The Labute approximate surface area is 162 Å². The fraction of sp³-hybridized carbons (Fsp3) is 0.318. The maximum Gasteiger partial charge on any atom is 0.393 e. The molecule has 1 aliphatic heterocycles. The van der Waals surface area contributed by atoms with Gasteiger partial charge in [0.1, 0.15) is 0 Å². The summed E-state index contributed by atoms with van der Waals surface area (Å²) in [6.45, 7) is 1.19. The van der Waals surface area contributed by atoms with Gasteiger partial charge in [-0.25, -0.2) is 4.68 Å². The molecule has 0 amide bonds. The molecule has 0 aliphatic carbocycles. The number of benzene rings is 2. The highest BCUT2D eigenvalue weighted by molar-refractivity contribution is 5.63. The smallest absolute Gasteiger partial charge is 0.298 e. The predicted octanol–water partition coefficient (Wildman–Crippen LogP) is 5.31. The maximum absolute atomic E-state index is 13.2. The molecule has 0 saturated carbocycles. The van der Waals surface area contributed by atoms with E-state index in [0.717, 1.165) is 22.5 Å². The van der Waals surface area contributed by atoms with E-state index < -0.39 is 12.1 Å². The minimum absolute atomic E-state index is 0.0498. The Balaban J connectivity index is 1.65. The van der Waals surface area contributed by atoms with E-state index in [2.05, 4.69) is 0 Å². The molecule has 0 bridgehead atoms. The van der Waals surface area contributed by atoms with E-state index in [1.54, 1.807) is 0 Å². The SMILES string of the molecule is FC(F)(F)[C@H]1CCCN(Cc2cn(-c3ccccc3)nc2-c2ccccc2)C1. The van der Waals surface area contributed by atoms with Gasteiger partial charge in [0.2, 0.25) is 0 Å². The molecular formula is C22H22F3N3. The van der Waals surface area contributed by atoms with E-state index in [9.17, 15) is 13.2 Å². The number of rotatable bonds is 4. The Morgan fingerprint density at radius 1 is 0.964 bits per heavy atom. The third kappa shape index (κ3) is 4.12. The van der Waals surface area contributed by atoms with Crippen LogP contribution in [0.1, 0.15) is 18.4 Å². The number of hydrogen-bond donors (Lipinski definition) is 0. The van der Waals surface area contributed by atoms with E-state index >= 15 is 0 Å². The van der Waals surface area contributed by atoms with Crippen LogP contribution < -0.4 is 0 Å². The van der Waals surface area contributed by atoms with Crippen LogP contribution in [0.3, 0.4) is 0 Å². The van der Waals surface area contributed by atoms with Gasteiger partial charge in [0.15, 0.2) is 0 Å². The van der Waals surface area contributed by atoms with Crippen LogP contribution in [-0.4, -0.2) is 33.9 Å². The molecule has 1 aromatic heterocycles. The van der Waals surface area contributed by atoms with Crippen molar-refractivity contribution in [2.24, 2.45) is 5.92 Å². The molecule has 2 heterocycles. The van der Waals surface area contributed by atoms with Crippen LogP contribution in [0.25, 0.3) is 16.9 Å². The van der Waals surface area contributed by atoms with Gasteiger partial charge in [0, 0.05) is 30.4 Å². The van der Waals surface area contributed by atoms with E-state index in [1.165, 1.54) is 0 Å². The van der Waals surface area contributed by atoms with Gasteiger partial charge >= 0.3 is 6.18 Å². The molecule has 3 nitrogen and oxygen atoms in total. The highest BCUT2D eigenvalue weighted by Gasteiger charge is 2.41. The van der Waals surface area contributed by atoms with Crippen molar-refractivity contribution in [3.05, 3.63) is 72.4 Å². The fourth-order valence-electron chi connectivity index (χ4n) is 3.78. The lowest BCUT2D eigenvalue weighted by Crippen LogP contribution is -2.41. The molecule has 0 unspecified atom stereocenters. The quantitative estimate of drug-likeness (QED) is 0.607. The van der Waals surface area contributed by atoms with E-state index in [4.69, 9.17) is 5.10 Å². The van der Waals surface area contributed by atoms with Gasteiger partial charge in [0.25, 0.3) is 0 Å². The van der Waals surface area contributed by atoms with Crippen molar-refractivity contribution in [3.8, 4) is 16.9 Å². The van der Waals surface area contributed by atoms with Gasteiger partial charge in [-0.05, 0) is 31.5 Å². The first-order valence-corrected chi connectivity index (χ1v) is 9.49. The molecule has 1 saturated heterocycles. The molecule has 0 N–H and O–H groups in total. The summed E-state index contributed by atoms with van der Waals surface area (Å²) in [5.41, 5.74) is 3.66. The van der Waals surface area contributed by atoms with E-state index in [1.807, 2.05) is 76.4 Å². The van der Waals surface area contributed by atoms with Crippen LogP contribution in [0.5, 0.6) is 0 Å². The Hall–Kier alpha value is -2.60. The number of aromatic nitrogens is 2. The Morgan fingerprint density at radius 2 is 1.64 bits per heavy atom. The van der Waals surface area contributed by atoms with Crippen LogP contribution >= 0.6 is 0 Å². The molecule has 1 atom stereocenters. The summed E-state index contributed by atoms with van der Waals surface area (Å²) < 4.78 is 41.3. The van der Waals surface area contributed by atoms with Crippen LogP contribution in [0.4, 0.5) is 13.2 Å². The van der Waals surface area contributed by atoms with Crippen molar-refractivity contribution in [2.75, 3.05) is 13.1 Å². The van der Waals surface area contributed by atoms with Crippen LogP contribution in [0, 0.1) is 5.92 Å². The van der Waals surface area contributed by atoms with Crippen molar-refractivity contribution in [1.29, 1.82) is 0 Å². The number of hydrogen-bond acceptors (Lipinski definition) is 2. The summed E-state index contributed by atoms with van der Waals surface area (Å²) in [4.78, 5) is 1.90. The number of likely N-dealkylation sites (tertiary alicyclic amines) is 1. The normalized spacial score (nSPS) is 18.3. The maximum atomic E-state index is 13.2. The van der Waals surface area contributed by atoms with Gasteiger partial charge in [-0.3, -0.25) is 4.90 Å². The third-order valence-corrected chi connectivity index (χ3v) is 5.22. The van der Waals surface area contributed by atoms with Gasteiger partial charge in [-0.2, -0.15) is 18.3 Å². The Morgan fingerprint density at radius 3 is 2.32 bits per heavy atom. The summed E-state index contributed by atoms with van der Waals surface area (Å²) in [5.74, 6) is -1.24. The molecule has 146 valence electrons. The standard InChI is InChI=1S/C22H22F3N3/c23-22(24,25)19-10-7-13-27(16-19)14-18-15-28(20-11-5-2-6-12-20)26-21(18)17-8-3-1-4-9-17/h1-6,8-9,11-12,15,19H,7,10,13-14,16H2/t19-/m0/s1. The van der Waals surface area contributed by atoms with Gasteiger partial charge in [-0.15, -0.1) is 0 Å². The zero-order valence-electron chi connectivity index (χ0n) is 15.4. The topological polar surface area (TPSA) is 21.1 Å². The lowest BCUT2D eigenvalue weighted by molar-refractivity contribution is -0.187. The zero-order valence-corrected chi connectivity index (χ0v) is 15.4. The number of nitrogens with zero attached hydrogens (tertiary/aromatic N) is 3. The van der Waals surface area contributed by atoms with Crippen molar-refractivity contribution in [3.63, 3.8) is 0 Å². The van der Waals surface area contributed by atoms with Crippen molar-refractivity contribution < 1.29 is 13.2 Å². The molecule has 1 fully saturated rings. The lowest BCUT2D eigenvalue weighted by atomic mass is 9.97. The number of piperidine rings is 1. The van der Waals surface area contributed by atoms with Gasteiger partial charge in [0.05, 0.1) is 17.3 Å². The number of para-hydroxylation sites is 1. The van der Waals surface area contributed by atoms with Gasteiger partial charge < -0.3 is 0 Å². The minimum Gasteiger partial charge on any atom is -0.298 e. The van der Waals surface area contributed by atoms with Crippen LogP contribution in [-0.2, 0) is 6.54 Å². The molecule has 2 aromatic carbocycles. The molecule has 1 aliphatic rings. The summed E-state index contributed by atoms with van der Waals surface area (Å²) in [7, 11) is 0. The second-order valence-electron chi connectivity index (χ2n) is 7.26. The molecule has 28 heavy (non-hydrogen) atoms. The van der Waals surface area contributed by atoms with Crippen LogP contribution in [0.15, 0.2) is 66.9 Å². The minimum atomic E-state index is -4.13. The van der Waals surface area contributed by atoms with Crippen molar-refractivity contribution in [2.45, 2.75) is 25.6 Å². The largest absolute Gasteiger partial charge is 0.393 e. The highest BCUT2D eigenvalue weighted by Crippen LogP contribution is 2.34. The highest BCUT2D eigenvalue weighted by atomic mass is 19.4. The number of halogens is 3. The molecule has 0 radical (unpaired) electrons. The lowest BCUT2D eigenvalue weighted by Gasteiger charge is -2.33. The number of alkyl halides is 3. The Bertz CT molecular complexity index is 904. The van der Waals surface area contributed by atoms with E-state index in [-0.39, 0.29) is 13.0 Å². The molecular weight excluding hydrogens is 363 g/mol. The molecule has 4 rings (SSSR count). The summed E-state index contributed by atoms with van der Waals surface area (Å²) in [6.07, 6.45) is -1.41. The third-order valence-electron chi connectivity index (χ3n) is 5.22. The molecule has 6 heteroatoms. The average molecular weight is 385 g/mol. The van der Waals surface area contributed by atoms with E-state index in [0.29, 0.717) is 19.5 Å². The monoisotopic (exact) mass is 385 g/mol. The predicted molar refractivity (Wildman–Crippen MR) is 103 cm³/mol. The van der Waals surface area contributed by atoms with Crippen molar-refractivity contribution >= 4 is 0 Å². The van der Waals surface area contributed by atoms with Crippen molar-refractivity contribution in [1.82, 2.24) is 14.7 Å². The first-order valence-electron chi connectivity index (χ1n) is 9.49. The zero-order chi connectivity index (χ0) is 19.6. The van der Waals surface area contributed by atoms with Crippen LogP contribution in [0.2, 0.25) is 0 Å². The molecule has 0 spiro atoms. The first kappa shape index (κ1) is 18.7. The fourth-order valence-corrected chi connectivity index (χ4v) is 3.78. The summed E-state index contributed by atoms with van der Waals surface area (Å²) in [5, 5.41) is 4.75. The second-order valence-corrected chi connectivity index (χ2v) is 7.26.